The SMILES string of the molecule is O=C(O)C1CCCCN1C(=O)c1cnc(-c2ccc3c(c2)OCO3)s1. The molecular formula is C17H16N2O5S. The predicted octanol–water partition coefficient (Wildman–Crippen LogP) is 2.62. The quantitative estimate of drug-likeness (QED) is 0.905. The number of benzene rings is 1. The molecule has 1 unspecified atom stereocenters. The van der Waals surface area contributed by atoms with Gasteiger partial charge in [-0.05, 0) is 37.5 Å². The Labute approximate surface area is 147 Å². The average molecular weight is 360 g/mol. The van der Waals surface area contributed by atoms with Crippen molar-refractivity contribution in [3.05, 3.63) is 29.3 Å². The van der Waals surface area contributed by atoms with Crippen LogP contribution in [0.4, 0.5) is 0 Å². The monoisotopic (exact) mass is 360 g/mol. The number of aromatic nitrogens is 1. The second-order valence-corrected chi connectivity index (χ2v) is 6.98. The zero-order chi connectivity index (χ0) is 17.4. The van der Waals surface area contributed by atoms with Crippen LogP contribution in [-0.2, 0) is 4.79 Å². The third kappa shape index (κ3) is 2.93. The van der Waals surface area contributed by atoms with E-state index in [1.54, 1.807) is 0 Å². The minimum Gasteiger partial charge on any atom is -0.480 e. The summed E-state index contributed by atoms with van der Waals surface area (Å²) in [5.74, 6) is 0.127. The highest BCUT2D eigenvalue weighted by molar-refractivity contribution is 7.16. The molecule has 0 radical (unpaired) electrons. The second kappa shape index (κ2) is 6.36. The standard InChI is InChI=1S/C17H16N2O5S/c20-16(19-6-2-1-3-11(19)17(21)22)14-8-18-15(25-14)10-4-5-12-13(7-10)24-9-23-12/h4-5,7-8,11H,1-3,6,9H2,(H,21,22). The maximum absolute atomic E-state index is 12.7. The van der Waals surface area contributed by atoms with Crippen molar-refractivity contribution < 1.29 is 24.2 Å². The predicted molar refractivity (Wildman–Crippen MR) is 90.0 cm³/mol. The molecule has 0 bridgehead atoms. The summed E-state index contributed by atoms with van der Waals surface area (Å²) in [6.07, 6.45) is 3.66. The summed E-state index contributed by atoms with van der Waals surface area (Å²) in [6.45, 7) is 0.666. The molecule has 130 valence electrons. The molecule has 2 aliphatic rings. The molecule has 1 aromatic heterocycles. The van der Waals surface area contributed by atoms with Gasteiger partial charge >= 0.3 is 5.97 Å². The van der Waals surface area contributed by atoms with Gasteiger partial charge in [0, 0.05) is 12.1 Å². The molecule has 0 spiro atoms. The lowest BCUT2D eigenvalue weighted by Gasteiger charge is -2.32. The first-order chi connectivity index (χ1) is 12.1. The van der Waals surface area contributed by atoms with Crippen molar-refractivity contribution in [2.24, 2.45) is 0 Å². The number of piperidine rings is 1. The van der Waals surface area contributed by atoms with E-state index < -0.39 is 12.0 Å². The molecule has 1 amide bonds. The molecule has 0 saturated carbocycles. The van der Waals surface area contributed by atoms with E-state index in [-0.39, 0.29) is 12.7 Å². The smallest absolute Gasteiger partial charge is 0.326 e. The molecule has 1 fully saturated rings. The fourth-order valence-electron chi connectivity index (χ4n) is 3.11. The van der Waals surface area contributed by atoms with E-state index in [9.17, 15) is 14.7 Å². The number of carbonyl (C=O) groups is 2. The van der Waals surface area contributed by atoms with Gasteiger partial charge in [-0.25, -0.2) is 9.78 Å². The summed E-state index contributed by atoms with van der Waals surface area (Å²) in [5, 5.41) is 10.0. The number of carboxylic acids is 1. The fourth-order valence-corrected chi connectivity index (χ4v) is 3.98. The normalized spacial score (nSPS) is 19.0. The highest BCUT2D eigenvalue weighted by atomic mass is 32.1. The maximum atomic E-state index is 12.7. The topological polar surface area (TPSA) is 89.0 Å². The first kappa shape index (κ1) is 15.9. The van der Waals surface area contributed by atoms with Gasteiger partial charge in [0.25, 0.3) is 5.91 Å². The number of rotatable bonds is 3. The summed E-state index contributed by atoms with van der Waals surface area (Å²) in [4.78, 5) is 30.4. The van der Waals surface area contributed by atoms with E-state index in [1.165, 1.54) is 22.4 Å². The van der Waals surface area contributed by atoms with E-state index in [2.05, 4.69) is 4.98 Å². The lowest BCUT2D eigenvalue weighted by atomic mass is 10.0. The number of aliphatic carboxylic acids is 1. The Balaban J connectivity index is 1.58. The van der Waals surface area contributed by atoms with Crippen molar-refractivity contribution in [2.45, 2.75) is 25.3 Å². The zero-order valence-electron chi connectivity index (χ0n) is 13.3. The van der Waals surface area contributed by atoms with E-state index in [4.69, 9.17) is 9.47 Å². The van der Waals surface area contributed by atoms with Crippen LogP contribution in [0.5, 0.6) is 11.5 Å². The molecule has 7 nitrogen and oxygen atoms in total. The minimum atomic E-state index is -0.950. The van der Waals surface area contributed by atoms with Crippen LogP contribution in [0.25, 0.3) is 10.6 Å². The molecule has 1 N–H and O–H groups in total. The van der Waals surface area contributed by atoms with Gasteiger partial charge < -0.3 is 19.5 Å². The lowest BCUT2D eigenvalue weighted by Crippen LogP contribution is -2.47. The Bertz CT molecular complexity index is 834. The lowest BCUT2D eigenvalue weighted by molar-refractivity contribution is -0.143. The maximum Gasteiger partial charge on any atom is 0.326 e. The first-order valence-corrected chi connectivity index (χ1v) is 8.85. The summed E-state index contributed by atoms with van der Waals surface area (Å²) in [5.41, 5.74) is 0.835. The van der Waals surface area contributed by atoms with Crippen LogP contribution in [0.1, 0.15) is 28.9 Å². The molecular weight excluding hydrogens is 344 g/mol. The van der Waals surface area contributed by atoms with E-state index in [0.717, 1.165) is 18.4 Å². The van der Waals surface area contributed by atoms with Gasteiger partial charge in [0.05, 0.1) is 6.20 Å². The van der Waals surface area contributed by atoms with Crippen molar-refractivity contribution in [1.29, 1.82) is 0 Å². The number of amides is 1. The highest BCUT2D eigenvalue weighted by Crippen LogP contribution is 2.37. The molecule has 8 heteroatoms. The molecule has 25 heavy (non-hydrogen) atoms. The third-order valence-corrected chi connectivity index (χ3v) is 5.42. The Hall–Kier alpha value is -2.61. The van der Waals surface area contributed by atoms with Gasteiger partial charge in [-0.3, -0.25) is 4.79 Å². The Morgan fingerprint density at radius 3 is 2.92 bits per heavy atom. The number of thiazole rings is 1. The molecule has 1 saturated heterocycles. The van der Waals surface area contributed by atoms with Gasteiger partial charge in [0.1, 0.15) is 15.9 Å². The van der Waals surface area contributed by atoms with Crippen LogP contribution < -0.4 is 9.47 Å². The molecule has 0 aliphatic carbocycles. The Morgan fingerprint density at radius 1 is 1.24 bits per heavy atom. The highest BCUT2D eigenvalue weighted by Gasteiger charge is 2.33. The number of hydrogen-bond acceptors (Lipinski definition) is 6. The zero-order valence-corrected chi connectivity index (χ0v) is 14.1. The van der Waals surface area contributed by atoms with Crippen LogP contribution in [-0.4, -0.2) is 46.2 Å². The average Bonchev–Trinajstić information content (AvgIpc) is 3.29. The van der Waals surface area contributed by atoms with Crippen LogP contribution in [0.15, 0.2) is 24.4 Å². The van der Waals surface area contributed by atoms with Gasteiger partial charge in [-0.15, -0.1) is 11.3 Å². The molecule has 1 aromatic carbocycles. The van der Waals surface area contributed by atoms with Gasteiger partial charge in [-0.2, -0.15) is 0 Å². The first-order valence-electron chi connectivity index (χ1n) is 8.03. The molecule has 2 aromatic rings. The summed E-state index contributed by atoms with van der Waals surface area (Å²) in [6, 6.07) is 4.75. The Morgan fingerprint density at radius 2 is 2.08 bits per heavy atom. The molecule has 2 aliphatic heterocycles. The summed E-state index contributed by atoms with van der Waals surface area (Å²) >= 11 is 1.26. The van der Waals surface area contributed by atoms with Gasteiger partial charge in [-0.1, -0.05) is 0 Å². The second-order valence-electron chi connectivity index (χ2n) is 5.95. The summed E-state index contributed by atoms with van der Waals surface area (Å²) in [7, 11) is 0. The number of ether oxygens (including phenoxy) is 2. The van der Waals surface area contributed by atoms with Gasteiger partial charge in [0.15, 0.2) is 11.5 Å². The van der Waals surface area contributed by atoms with Crippen molar-refractivity contribution in [3.63, 3.8) is 0 Å². The Kier molecular flexibility index (Phi) is 4.04. The van der Waals surface area contributed by atoms with E-state index >= 15 is 0 Å². The minimum absolute atomic E-state index is 0.200. The van der Waals surface area contributed by atoms with Crippen molar-refractivity contribution in [3.8, 4) is 22.1 Å². The van der Waals surface area contributed by atoms with Crippen molar-refractivity contribution >= 4 is 23.2 Å². The largest absolute Gasteiger partial charge is 0.480 e. The van der Waals surface area contributed by atoms with E-state index in [1.807, 2.05) is 18.2 Å². The number of carboxylic acid groups (broad SMARTS) is 1. The molecule has 3 heterocycles. The number of likely N-dealkylation sites (tertiary alicyclic amines) is 1. The number of fused-ring (bicyclic) bond motifs is 1. The fraction of sp³-hybridized carbons (Fsp3) is 0.353. The van der Waals surface area contributed by atoms with Gasteiger partial charge in [0.2, 0.25) is 6.79 Å². The van der Waals surface area contributed by atoms with E-state index in [0.29, 0.717) is 34.3 Å². The van der Waals surface area contributed by atoms with Crippen LogP contribution in [0.3, 0.4) is 0 Å². The third-order valence-electron chi connectivity index (χ3n) is 4.38. The van der Waals surface area contributed by atoms with Crippen LogP contribution in [0, 0.1) is 0 Å². The van der Waals surface area contributed by atoms with Crippen molar-refractivity contribution in [1.82, 2.24) is 9.88 Å². The molecule has 4 rings (SSSR count). The van der Waals surface area contributed by atoms with Crippen molar-refractivity contribution in [2.75, 3.05) is 13.3 Å². The number of carbonyl (C=O) groups excluding carboxylic acids is 1. The molecule has 1 atom stereocenters. The van der Waals surface area contributed by atoms with Crippen LogP contribution >= 0.6 is 11.3 Å². The summed E-state index contributed by atoms with van der Waals surface area (Å²) < 4.78 is 10.7. The van der Waals surface area contributed by atoms with Crippen LogP contribution in [0.2, 0.25) is 0 Å². The number of nitrogens with zero attached hydrogens (tertiary/aromatic N) is 2. The number of hydrogen-bond donors (Lipinski definition) is 1.